The summed E-state index contributed by atoms with van der Waals surface area (Å²) in [7, 11) is 0. The molecular formula is C24H37BrN2O6. The van der Waals surface area contributed by atoms with Crippen molar-refractivity contribution in [1.82, 2.24) is 9.80 Å². The maximum absolute atomic E-state index is 14.3. The molecule has 1 unspecified atom stereocenters. The molecule has 33 heavy (non-hydrogen) atoms. The molecule has 0 aromatic rings. The normalized spacial score (nSPS) is 33.4. The molecule has 9 heteroatoms. The van der Waals surface area contributed by atoms with Crippen LogP contribution in [-0.4, -0.2) is 85.6 Å². The van der Waals surface area contributed by atoms with Gasteiger partial charge in [0.25, 0.3) is 0 Å². The number of ether oxygens (including phenoxy) is 1. The van der Waals surface area contributed by atoms with Gasteiger partial charge in [0.2, 0.25) is 11.8 Å². The molecule has 3 saturated heterocycles. The fraction of sp³-hybridized carbons (Fsp3) is 0.792. The monoisotopic (exact) mass is 528 g/mol. The molecule has 1 spiro atoms. The highest BCUT2D eigenvalue weighted by Gasteiger charge is 2.77. The zero-order valence-corrected chi connectivity index (χ0v) is 21.8. The maximum Gasteiger partial charge on any atom is 0.310 e. The first kappa shape index (κ1) is 26.2. The van der Waals surface area contributed by atoms with Gasteiger partial charge in [0.1, 0.15) is 11.6 Å². The molecule has 2 amide bonds. The smallest absolute Gasteiger partial charge is 0.310 e. The van der Waals surface area contributed by atoms with Gasteiger partial charge in [-0.25, -0.2) is 0 Å². The van der Waals surface area contributed by atoms with Crippen LogP contribution in [0.3, 0.4) is 0 Å². The molecule has 0 aliphatic carbocycles. The second kappa shape index (κ2) is 8.96. The Labute approximate surface area is 204 Å². The van der Waals surface area contributed by atoms with E-state index in [0.29, 0.717) is 19.4 Å². The molecule has 8 nitrogen and oxygen atoms in total. The third-order valence-electron chi connectivity index (χ3n) is 7.14. The van der Waals surface area contributed by atoms with Gasteiger partial charge in [0, 0.05) is 30.1 Å². The maximum atomic E-state index is 14.3. The summed E-state index contributed by atoms with van der Waals surface area (Å²) in [5.41, 5.74) is -1.80. The number of aliphatic hydroxyl groups excluding tert-OH is 1. The Morgan fingerprint density at radius 1 is 1.33 bits per heavy atom. The minimum absolute atomic E-state index is 0.0518. The number of likely N-dealkylation sites (tertiary alicyclic amines) is 1. The molecule has 3 heterocycles. The molecular weight excluding hydrogens is 492 g/mol. The lowest BCUT2D eigenvalue weighted by Crippen LogP contribution is -2.61. The number of carbonyl (C=O) groups is 3. The van der Waals surface area contributed by atoms with E-state index in [1.165, 1.54) is 4.90 Å². The topological polar surface area (TPSA) is 107 Å². The molecule has 0 saturated carbocycles. The standard InChI is InChI=1S/C24H37BrN2O6/c1-7-9-27(23(5,6)13-22(2,3)4)20(30)18-24-12-14(25)17(33-24)15(21(31)32)16(24)19(29)26(18)10-8-11-28/h7,14-18,28H,1,8-13H2,2-6H3,(H,31,32)/t14?,15-,16+,17-,18-,24+/m1/s1. The van der Waals surface area contributed by atoms with Crippen molar-refractivity contribution in [3.63, 3.8) is 0 Å². The van der Waals surface area contributed by atoms with Crippen molar-refractivity contribution >= 4 is 33.7 Å². The van der Waals surface area contributed by atoms with Gasteiger partial charge in [-0.2, -0.15) is 0 Å². The number of carboxylic acid groups (broad SMARTS) is 1. The second-order valence-corrected chi connectivity index (χ2v) is 12.6. The number of amides is 2. The van der Waals surface area contributed by atoms with Gasteiger partial charge in [-0.05, 0) is 38.5 Å². The lowest BCUT2D eigenvalue weighted by atomic mass is 9.70. The highest BCUT2D eigenvalue weighted by atomic mass is 79.9. The summed E-state index contributed by atoms with van der Waals surface area (Å²) < 4.78 is 6.30. The number of carboxylic acids is 1. The second-order valence-electron chi connectivity index (χ2n) is 11.4. The number of carbonyl (C=O) groups excluding carboxylic acids is 2. The van der Waals surface area contributed by atoms with Gasteiger partial charge in [-0.1, -0.05) is 42.8 Å². The quantitative estimate of drug-likeness (QED) is 0.351. The van der Waals surface area contributed by atoms with Crippen LogP contribution >= 0.6 is 15.9 Å². The predicted molar refractivity (Wildman–Crippen MR) is 127 cm³/mol. The van der Waals surface area contributed by atoms with Gasteiger partial charge in [0.05, 0.1) is 17.9 Å². The first-order valence-electron chi connectivity index (χ1n) is 11.6. The lowest BCUT2D eigenvalue weighted by Gasteiger charge is -2.45. The molecule has 3 aliphatic rings. The summed E-state index contributed by atoms with van der Waals surface area (Å²) in [4.78, 5) is 42.9. The average molecular weight is 529 g/mol. The van der Waals surface area contributed by atoms with Gasteiger partial charge in [0.15, 0.2) is 0 Å². The van der Waals surface area contributed by atoms with Gasteiger partial charge in [-0.15, -0.1) is 6.58 Å². The van der Waals surface area contributed by atoms with Crippen molar-refractivity contribution in [2.45, 2.75) is 82.0 Å². The van der Waals surface area contributed by atoms with E-state index in [4.69, 9.17) is 4.74 Å². The number of aliphatic hydroxyl groups is 1. The van der Waals surface area contributed by atoms with E-state index in [0.717, 1.165) is 6.42 Å². The van der Waals surface area contributed by atoms with E-state index < -0.39 is 41.1 Å². The van der Waals surface area contributed by atoms with E-state index in [-0.39, 0.29) is 35.2 Å². The molecule has 6 atom stereocenters. The molecule has 2 N–H and O–H groups in total. The Balaban J connectivity index is 2.08. The third-order valence-corrected chi connectivity index (χ3v) is 7.98. The Morgan fingerprint density at radius 3 is 2.48 bits per heavy atom. The van der Waals surface area contributed by atoms with Crippen LogP contribution in [0.15, 0.2) is 12.7 Å². The summed E-state index contributed by atoms with van der Waals surface area (Å²) in [6.45, 7) is 14.5. The number of rotatable bonds is 9. The van der Waals surface area contributed by atoms with Gasteiger partial charge in [-0.3, -0.25) is 14.4 Å². The Morgan fingerprint density at radius 2 is 1.97 bits per heavy atom. The zero-order valence-electron chi connectivity index (χ0n) is 20.2. The summed E-state index contributed by atoms with van der Waals surface area (Å²) in [6, 6.07) is -0.949. The minimum Gasteiger partial charge on any atom is -0.481 e. The van der Waals surface area contributed by atoms with Crippen molar-refractivity contribution < 1.29 is 29.3 Å². The Kier molecular flexibility index (Phi) is 7.11. The van der Waals surface area contributed by atoms with Crippen molar-refractivity contribution in [2.75, 3.05) is 19.7 Å². The number of hydrogen-bond acceptors (Lipinski definition) is 5. The van der Waals surface area contributed by atoms with Crippen LogP contribution < -0.4 is 0 Å². The first-order chi connectivity index (χ1) is 15.2. The molecule has 186 valence electrons. The van der Waals surface area contributed by atoms with Crippen LogP contribution in [-0.2, 0) is 19.1 Å². The fourth-order valence-corrected chi connectivity index (χ4v) is 7.42. The largest absolute Gasteiger partial charge is 0.481 e. The SMILES string of the molecule is C=CCN(C(=O)[C@H]1N(CCCO)C(=O)[C@@H]2[C@@H](C(=O)O)[C@@H]3O[C@@]21CC3Br)C(C)(C)CC(C)(C)C. The van der Waals surface area contributed by atoms with Gasteiger partial charge >= 0.3 is 5.97 Å². The predicted octanol–water partition coefficient (Wildman–Crippen LogP) is 2.43. The Hall–Kier alpha value is -1.45. The third kappa shape index (κ3) is 4.36. The lowest BCUT2D eigenvalue weighted by molar-refractivity contribution is -0.153. The van der Waals surface area contributed by atoms with Crippen LogP contribution in [0.4, 0.5) is 0 Å². The van der Waals surface area contributed by atoms with Crippen LogP contribution in [0.5, 0.6) is 0 Å². The molecule has 2 bridgehead atoms. The highest BCUT2D eigenvalue weighted by Crippen LogP contribution is 2.60. The summed E-state index contributed by atoms with van der Waals surface area (Å²) >= 11 is 3.55. The van der Waals surface area contributed by atoms with Crippen molar-refractivity contribution in [1.29, 1.82) is 0 Å². The van der Waals surface area contributed by atoms with Gasteiger partial charge < -0.3 is 24.7 Å². The number of fused-ring (bicyclic) bond motifs is 1. The minimum atomic E-state index is -1.21. The van der Waals surface area contributed by atoms with E-state index >= 15 is 0 Å². The molecule has 3 fully saturated rings. The molecule has 0 radical (unpaired) electrons. The van der Waals surface area contributed by atoms with Crippen molar-refractivity contribution in [2.24, 2.45) is 17.3 Å². The summed E-state index contributed by atoms with van der Waals surface area (Å²) in [5, 5.41) is 19.4. The number of halogens is 1. The average Bonchev–Trinajstić information content (AvgIpc) is 3.25. The van der Waals surface area contributed by atoms with E-state index in [2.05, 4.69) is 43.3 Å². The van der Waals surface area contributed by atoms with Crippen LogP contribution in [0.2, 0.25) is 0 Å². The summed E-state index contributed by atoms with van der Waals surface area (Å²) in [6.07, 6.45) is 2.40. The van der Waals surface area contributed by atoms with Crippen molar-refractivity contribution in [3.05, 3.63) is 12.7 Å². The Bertz CT molecular complexity index is 824. The number of aliphatic carboxylic acids is 1. The molecule has 0 aromatic carbocycles. The number of alkyl halides is 1. The van der Waals surface area contributed by atoms with Crippen molar-refractivity contribution in [3.8, 4) is 0 Å². The molecule has 3 rings (SSSR count). The molecule has 0 aromatic heterocycles. The van der Waals surface area contributed by atoms with Crippen LogP contribution in [0, 0.1) is 17.3 Å². The zero-order chi connectivity index (χ0) is 24.9. The van der Waals surface area contributed by atoms with E-state index in [1.54, 1.807) is 11.0 Å². The fourth-order valence-electron chi connectivity index (χ4n) is 6.48. The number of hydrogen-bond donors (Lipinski definition) is 2. The highest BCUT2D eigenvalue weighted by molar-refractivity contribution is 9.09. The van der Waals surface area contributed by atoms with E-state index in [9.17, 15) is 24.6 Å². The molecule has 3 aliphatic heterocycles. The van der Waals surface area contributed by atoms with E-state index in [1.807, 2.05) is 13.8 Å². The van der Waals surface area contributed by atoms with Crippen LogP contribution in [0.25, 0.3) is 0 Å². The first-order valence-corrected chi connectivity index (χ1v) is 12.5. The van der Waals surface area contributed by atoms with Crippen LogP contribution in [0.1, 0.15) is 53.9 Å². The number of nitrogens with zero attached hydrogens (tertiary/aromatic N) is 2. The summed E-state index contributed by atoms with van der Waals surface area (Å²) in [5.74, 6) is -3.65.